The Morgan fingerprint density at radius 1 is 1.29 bits per heavy atom. The first kappa shape index (κ1) is 18.8. The molecule has 6 heteroatoms. The third-order valence-electron chi connectivity index (χ3n) is 4.50. The van der Waals surface area contributed by atoms with E-state index >= 15 is 0 Å². The molecule has 134 valence electrons. The predicted molar refractivity (Wildman–Crippen MR) is 101 cm³/mol. The summed E-state index contributed by atoms with van der Waals surface area (Å²) in [6.07, 6.45) is 6.63. The summed E-state index contributed by atoms with van der Waals surface area (Å²) in [6.45, 7) is 1.94. The second kappa shape index (κ2) is 9.67. The molecule has 0 saturated heterocycles. The molecule has 1 fully saturated rings. The lowest BCUT2D eigenvalue weighted by Gasteiger charge is -2.26. The average Bonchev–Trinajstić information content (AvgIpc) is 3.08. The van der Waals surface area contributed by atoms with Crippen molar-refractivity contribution in [2.75, 3.05) is 34.2 Å². The molecule has 24 heavy (non-hydrogen) atoms. The maximum absolute atomic E-state index is 11.9. The molecule has 1 aromatic rings. The van der Waals surface area contributed by atoms with Crippen molar-refractivity contribution in [2.24, 2.45) is 10.9 Å². The van der Waals surface area contributed by atoms with Gasteiger partial charge in [-0.2, -0.15) is 11.3 Å². The van der Waals surface area contributed by atoms with Crippen LogP contribution >= 0.6 is 11.3 Å². The van der Waals surface area contributed by atoms with Gasteiger partial charge in [-0.25, -0.2) is 4.99 Å². The van der Waals surface area contributed by atoms with Gasteiger partial charge in [0.25, 0.3) is 0 Å². The highest BCUT2D eigenvalue weighted by Crippen LogP contribution is 2.22. The summed E-state index contributed by atoms with van der Waals surface area (Å²) in [4.78, 5) is 20.1. The third kappa shape index (κ3) is 6.15. The molecule has 1 saturated carbocycles. The van der Waals surface area contributed by atoms with E-state index in [1.807, 2.05) is 7.05 Å². The quantitative estimate of drug-likeness (QED) is 0.634. The van der Waals surface area contributed by atoms with Gasteiger partial charge in [0.15, 0.2) is 5.96 Å². The molecule has 1 heterocycles. The van der Waals surface area contributed by atoms with Crippen LogP contribution in [0.3, 0.4) is 0 Å². The number of rotatable bonds is 6. The maximum atomic E-state index is 11.9. The SMILES string of the molecule is CN(C)C(=O)CN=C(NCC1CCCCC1)N(C)Cc1ccsc1. The lowest BCUT2D eigenvalue weighted by molar-refractivity contribution is -0.127. The topological polar surface area (TPSA) is 47.9 Å². The van der Waals surface area contributed by atoms with E-state index in [0.29, 0.717) is 0 Å². The third-order valence-corrected chi connectivity index (χ3v) is 5.23. The van der Waals surface area contributed by atoms with Crippen molar-refractivity contribution in [1.82, 2.24) is 15.1 Å². The fourth-order valence-corrected chi connectivity index (χ4v) is 3.61. The molecule has 1 aliphatic rings. The van der Waals surface area contributed by atoms with Crippen molar-refractivity contribution in [2.45, 2.75) is 38.6 Å². The molecule has 0 atom stereocenters. The molecule has 0 spiro atoms. The Bertz CT molecular complexity index is 521. The fourth-order valence-electron chi connectivity index (χ4n) is 2.95. The Balaban J connectivity index is 1.96. The smallest absolute Gasteiger partial charge is 0.243 e. The van der Waals surface area contributed by atoms with Gasteiger partial charge in [0.05, 0.1) is 0 Å². The van der Waals surface area contributed by atoms with Crippen molar-refractivity contribution in [3.05, 3.63) is 22.4 Å². The number of thiophene rings is 1. The van der Waals surface area contributed by atoms with Gasteiger partial charge < -0.3 is 15.1 Å². The van der Waals surface area contributed by atoms with E-state index in [1.54, 1.807) is 30.3 Å². The molecule has 0 aliphatic heterocycles. The molecule has 5 nitrogen and oxygen atoms in total. The molecular formula is C18H30N4OS. The zero-order valence-electron chi connectivity index (χ0n) is 15.1. The van der Waals surface area contributed by atoms with Crippen LogP contribution in [0, 0.1) is 5.92 Å². The van der Waals surface area contributed by atoms with Crippen LogP contribution in [0.2, 0.25) is 0 Å². The van der Waals surface area contributed by atoms with Crippen molar-refractivity contribution >= 4 is 23.2 Å². The van der Waals surface area contributed by atoms with E-state index in [4.69, 9.17) is 0 Å². The Morgan fingerprint density at radius 3 is 2.67 bits per heavy atom. The van der Waals surface area contributed by atoms with Gasteiger partial charge in [-0.3, -0.25) is 4.79 Å². The number of nitrogens with zero attached hydrogens (tertiary/aromatic N) is 3. The van der Waals surface area contributed by atoms with Crippen LogP contribution in [0.4, 0.5) is 0 Å². The van der Waals surface area contributed by atoms with Crippen LogP contribution in [0.25, 0.3) is 0 Å². The van der Waals surface area contributed by atoms with Gasteiger partial charge in [-0.1, -0.05) is 19.3 Å². The number of hydrogen-bond donors (Lipinski definition) is 1. The number of carbonyl (C=O) groups excluding carboxylic acids is 1. The van der Waals surface area contributed by atoms with Gasteiger partial charge in [0, 0.05) is 34.2 Å². The molecule has 1 aromatic heterocycles. The van der Waals surface area contributed by atoms with Crippen LogP contribution < -0.4 is 5.32 Å². The number of aliphatic imine (C=N–C) groups is 1. The highest BCUT2D eigenvalue weighted by atomic mass is 32.1. The van der Waals surface area contributed by atoms with E-state index < -0.39 is 0 Å². The molecule has 0 aromatic carbocycles. The summed E-state index contributed by atoms with van der Waals surface area (Å²) < 4.78 is 0. The largest absolute Gasteiger partial charge is 0.356 e. The van der Waals surface area contributed by atoms with Crippen LogP contribution in [0.5, 0.6) is 0 Å². The number of guanidine groups is 1. The second-order valence-electron chi connectivity index (χ2n) is 6.80. The number of carbonyl (C=O) groups is 1. The number of likely N-dealkylation sites (N-methyl/N-ethyl adjacent to an activating group) is 1. The standard InChI is InChI=1S/C18H30N4OS/c1-21(2)17(23)12-20-18(19-11-15-7-5-4-6-8-15)22(3)13-16-9-10-24-14-16/h9-10,14-15H,4-8,11-13H2,1-3H3,(H,19,20). The minimum absolute atomic E-state index is 0.0240. The number of hydrogen-bond acceptors (Lipinski definition) is 3. The van der Waals surface area contributed by atoms with Crippen molar-refractivity contribution in [1.29, 1.82) is 0 Å². The van der Waals surface area contributed by atoms with Crippen LogP contribution in [0.1, 0.15) is 37.7 Å². The summed E-state index contributed by atoms with van der Waals surface area (Å²) >= 11 is 1.70. The molecule has 1 N–H and O–H groups in total. The van der Waals surface area contributed by atoms with E-state index in [-0.39, 0.29) is 12.5 Å². The molecule has 1 aliphatic carbocycles. The minimum Gasteiger partial charge on any atom is -0.356 e. The van der Waals surface area contributed by atoms with Crippen LogP contribution in [-0.2, 0) is 11.3 Å². The second-order valence-corrected chi connectivity index (χ2v) is 7.58. The first-order valence-corrected chi connectivity index (χ1v) is 9.71. The Hall–Kier alpha value is -1.56. The van der Waals surface area contributed by atoms with Gasteiger partial charge in [0.2, 0.25) is 5.91 Å². The van der Waals surface area contributed by atoms with E-state index in [9.17, 15) is 4.79 Å². The minimum atomic E-state index is 0.0240. The highest BCUT2D eigenvalue weighted by Gasteiger charge is 2.16. The van der Waals surface area contributed by atoms with Gasteiger partial charge in [0.1, 0.15) is 6.54 Å². The first-order chi connectivity index (χ1) is 11.6. The van der Waals surface area contributed by atoms with E-state index in [0.717, 1.165) is 25.0 Å². The van der Waals surface area contributed by atoms with Crippen molar-refractivity contribution in [3.8, 4) is 0 Å². The monoisotopic (exact) mass is 350 g/mol. The summed E-state index contributed by atoms with van der Waals surface area (Å²) in [5, 5.41) is 7.75. The maximum Gasteiger partial charge on any atom is 0.243 e. The molecule has 0 bridgehead atoms. The summed E-state index contributed by atoms with van der Waals surface area (Å²) in [5.74, 6) is 1.57. The van der Waals surface area contributed by atoms with Gasteiger partial charge >= 0.3 is 0 Å². The molecular weight excluding hydrogens is 320 g/mol. The van der Waals surface area contributed by atoms with Crippen LogP contribution in [-0.4, -0.2) is 55.9 Å². The van der Waals surface area contributed by atoms with Crippen LogP contribution in [0.15, 0.2) is 21.8 Å². The first-order valence-electron chi connectivity index (χ1n) is 8.77. The summed E-state index contributed by atoms with van der Waals surface area (Å²) in [6, 6.07) is 2.13. The number of nitrogens with one attached hydrogen (secondary N) is 1. The predicted octanol–water partition coefficient (Wildman–Crippen LogP) is 2.79. The van der Waals surface area contributed by atoms with E-state index in [2.05, 4.69) is 32.0 Å². The average molecular weight is 351 g/mol. The van der Waals surface area contributed by atoms with Crippen molar-refractivity contribution < 1.29 is 4.79 Å². The number of amides is 1. The van der Waals surface area contributed by atoms with E-state index in [1.165, 1.54) is 37.7 Å². The summed E-state index contributed by atoms with van der Waals surface area (Å²) in [7, 11) is 5.56. The zero-order valence-corrected chi connectivity index (χ0v) is 15.9. The summed E-state index contributed by atoms with van der Waals surface area (Å²) in [5.41, 5.74) is 1.27. The van der Waals surface area contributed by atoms with Crippen molar-refractivity contribution in [3.63, 3.8) is 0 Å². The zero-order chi connectivity index (χ0) is 17.4. The Kier molecular flexibility index (Phi) is 7.56. The molecule has 1 amide bonds. The normalized spacial score (nSPS) is 16.0. The Labute approximate surface area is 149 Å². The lowest BCUT2D eigenvalue weighted by atomic mass is 9.89. The Morgan fingerprint density at radius 2 is 2.04 bits per heavy atom. The molecule has 2 rings (SSSR count). The molecule has 0 unspecified atom stereocenters. The molecule has 0 radical (unpaired) electrons. The lowest BCUT2D eigenvalue weighted by Crippen LogP contribution is -2.41. The van der Waals surface area contributed by atoms with Gasteiger partial charge in [-0.15, -0.1) is 0 Å². The fraction of sp³-hybridized carbons (Fsp3) is 0.667. The van der Waals surface area contributed by atoms with Gasteiger partial charge in [-0.05, 0) is 41.1 Å². The highest BCUT2D eigenvalue weighted by molar-refractivity contribution is 7.07.